The molecule has 0 aliphatic carbocycles. The smallest absolute Gasteiger partial charge is 0.236 e. The van der Waals surface area contributed by atoms with E-state index in [0.717, 1.165) is 37.1 Å². The minimum absolute atomic E-state index is 0.206. The zero-order valence-electron chi connectivity index (χ0n) is 12.1. The van der Waals surface area contributed by atoms with Crippen molar-refractivity contribution in [2.24, 2.45) is 0 Å². The Labute approximate surface area is 129 Å². The summed E-state index contributed by atoms with van der Waals surface area (Å²) in [4.78, 5) is 17.6. The molecular formula is C14H22ClN3OS. The van der Waals surface area contributed by atoms with Gasteiger partial charge in [-0.15, -0.1) is 11.3 Å². The highest BCUT2D eigenvalue weighted by molar-refractivity contribution is 7.16. The van der Waals surface area contributed by atoms with Crippen molar-refractivity contribution >= 4 is 28.8 Å². The van der Waals surface area contributed by atoms with Crippen molar-refractivity contribution in [1.82, 2.24) is 15.1 Å². The summed E-state index contributed by atoms with van der Waals surface area (Å²) in [6, 6.07) is 4.37. The van der Waals surface area contributed by atoms with Crippen LogP contribution in [0.1, 0.15) is 18.7 Å². The molecule has 4 nitrogen and oxygen atoms in total. The van der Waals surface area contributed by atoms with Gasteiger partial charge in [0.1, 0.15) is 0 Å². The minimum atomic E-state index is 0.206. The number of carbonyl (C=O) groups excluding carboxylic acids is 1. The fraction of sp³-hybridized carbons (Fsp3) is 0.643. The number of hydrogen-bond acceptors (Lipinski definition) is 4. The number of thiophene rings is 1. The van der Waals surface area contributed by atoms with Crippen LogP contribution in [0.25, 0.3) is 0 Å². The van der Waals surface area contributed by atoms with Crippen molar-refractivity contribution in [2.75, 3.05) is 32.7 Å². The molecule has 2 heterocycles. The third-order valence-corrected chi connectivity index (χ3v) is 4.61. The third-order valence-electron chi connectivity index (χ3n) is 3.39. The standard InChI is InChI=1S/C14H22ClN3OS/c1-11(2)16-9-14(19)18-7-5-17(6-8-18)10-12-3-4-13(15)20-12/h3-4,11,16H,5-10H2,1-2H3. The lowest BCUT2D eigenvalue weighted by molar-refractivity contribution is -0.132. The zero-order valence-corrected chi connectivity index (χ0v) is 13.6. The molecule has 0 unspecified atom stereocenters. The lowest BCUT2D eigenvalue weighted by Crippen LogP contribution is -2.50. The number of hydrogen-bond donors (Lipinski definition) is 1. The number of rotatable bonds is 5. The molecule has 0 atom stereocenters. The average molecular weight is 316 g/mol. The Morgan fingerprint density at radius 2 is 2.05 bits per heavy atom. The van der Waals surface area contributed by atoms with E-state index in [2.05, 4.69) is 30.1 Å². The molecule has 1 aromatic heterocycles. The Kier molecular flexibility index (Phi) is 5.84. The van der Waals surface area contributed by atoms with Crippen LogP contribution in [-0.4, -0.2) is 54.5 Å². The first-order valence-corrected chi connectivity index (χ1v) is 8.22. The first-order valence-electron chi connectivity index (χ1n) is 7.02. The van der Waals surface area contributed by atoms with Gasteiger partial charge < -0.3 is 10.2 Å². The fourth-order valence-corrected chi connectivity index (χ4v) is 3.35. The van der Waals surface area contributed by atoms with Crippen LogP contribution in [0.3, 0.4) is 0 Å². The van der Waals surface area contributed by atoms with E-state index in [1.54, 1.807) is 11.3 Å². The van der Waals surface area contributed by atoms with E-state index < -0.39 is 0 Å². The van der Waals surface area contributed by atoms with E-state index in [9.17, 15) is 4.79 Å². The number of halogens is 1. The summed E-state index contributed by atoms with van der Waals surface area (Å²) in [5.74, 6) is 0.206. The summed E-state index contributed by atoms with van der Waals surface area (Å²) in [5, 5.41) is 3.18. The van der Waals surface area contributed by atoms with Crippen LogP contribution in [0.15, 0.2) is 12.1 Å². The summed E-state index contributed by atoms with van der Waals surface area (Å²) in [7, 11) is 0. The molecule has 20 heavy (non-hydrogen) atoms. The van der Waals surface area contributed by atoms with E-state index in [4.69, 9.17) is 11.6 Å². The van der Waals surface area contributed by atoms with Gasteiger partial charge in [-0.2, -0.15) is 0 Å². The van der Waals surface area contributed by atoms with Gasteiger partial charge in [-0.1, -0.05) is 25.4 Å². The van der Waals surface area contributed by atoms with E-state index in [1.807, 2.05) is 11.0 Å². The molecule has 1 aliphatic heterocycles. The SMILES string of the molecule is CC(C)NCC(=O)N1CCN(Cc2ccc(Cl)s2)CC1. The first-order chi connectivity index (χ1) is 9.54. The Hall–Kier alpha value is -0.620. The summed E-state index contributed by atoms with van der Waals surface area (Å²) in [6.45, 7) is 8.98. The van der Waals surface area contributed by atoms with Crippen molar-refractivity contribution < 1.29 is 4.79 Å². The molecule has 112 valence electrons. The molecule has 1 fully saturated rings. The van der Waals surface area contributed by atoms with Gasteiger partial charge in [0, 0.05) is 43.6 Å². The van der Waals surface area contributed by atoms with E-state index in [1.165, 1.54) is 4.88 Å². The average Bonchev–Trinajstić information content (AvgIpc) is 2.82. The molecule has 0 saturated carbocycles. The molecule has 0 bridgehead atoms. The Morgan fingerprint density at radius 3 is 2.60 bits per heavy atom. The van der Waals surface area contributed by atoms with Crippen molar-refractivity contribution in [1.29, 1.82) is 0 Å². The summed E-state index contributed by atoms with van der Waals surface area (Å²) in [6.07, 6.45) is 0. The number of carbonyl (C=O) groups is 1. The predicted octanol–water partition coefficient (Wildman–Crippen LogP) is 2.04. The normalized spacial score (nSPS) is 16.9. The second-order valence-electron chi connectivity index (χ2n) is 5.40. The summed E-state index contributed by atoms with van der Waals surface area (Å²) in [5.41, 5.74) is 0. The molecular weight excluding hydrogens is 294 g/mol. The van der Waals surface area contributed by atoms with Crippen LogP contribution in [-0.2, 0) is 11.3 Å². The van der Waals surface area contributed by atoms with Gasteiger partial charge in [-0.25, -0.2) is 0 Å². The largest absolute Gasteiger partial charge is 0.339 e. The Bertz CT molecular complexity index is 441. The minimum Gasteiger partial charge on any atom is -0.339 e. The number of amides is 1. The van der Waals surface area contributed by atoms with E-state index in [0.29, 0.717) is 12.6 Å². The van der Waals surface area contributed by atoms with Gasteiger partial charge in [-0.3, -0.25) is 9.69 Å². The highest BCUT2D eigenvalue weighted by Gasteiger charge is 2.21. The van der Waals surface area contributed by atoms with E-state index >= 15 is 0 Å². The van der Waals surface area contributed by atoms with Crippen LogP contribution in [0.4, 0.5) is 0 Å². The summed E-state index contributed by atoms with van der Waals surface area (Å²) < 4.78 is 0.841. The van der Waals surface area contributed by atoms with Gasteiger partial charge in [0.15, 0.2) is 0 Å². The van der Waals surface area contributed by atoms with Crippen LogP contribution in [0.5, 0.6) is 0 Å². The second-order valence-corrected chi connectivity index (χ2v) is 7.20. The molecule has 1 N–H and O–H groups in total. The lowest BCUT2D eigenvalue weighted by atomic mass is 10.3. The van der Waals surface area contributed by atoms with Gasteiger partial charge in [0.05, 0.1) is 10.9 Å². The molecule has 0 radical (unpaired) electrons. The zero-order chi connectivity index (χ0) is 14.5. The molecule has 1 aliphatic rings. The van der Waals surface area contributed by atoms with Crippen molar-refractivity contribution in [3.8, 4) is 0 Å². The van der Waals surface area contributed by atoms with Crippen LogP contribution < -0.4 is 5.32 Å². The molecule has 0 aromatic carbocycles. The summed E-state index contributed by atoms with van der Waals surface area (Å²) >= 11 is 7.58. The molecule has 1 aromatic rings. The highest BCUT2D eigenvalue weighted by atomic mass is 35.5. The third kappa shape index (κ3) is 4.74. The van der Waals surface area contributed by atoms with Crippen molar-refractivity contribution in [3.05, 3.63) is 21.3 Å². The highest BCUT2D eigenvalue weighted by Crippen LogP contribution is 2.23. The fourth-order valence-electron chi connectivity index (χ4n) is 2.22. The van der Waals surface area contributed by atoms with Crippen LogP contribution in [0, 0.1) is 0 Å². The Morgan fingerprint density at radius 1 is 1.35 bits per heavy atom. The second kappa shape index (κ2) is 7.41. The van der Waals surface area contributed by atoms with Crippen LogP contribution in [0.2, 0.25) is 4.34 Å². The predicted molar refractivity (Wildman–Crippen MR) is 84.3 cm³/mol. The number of piperazine rings is 1. The van der Waals surface area contributed by atoms with E-state index in [-0.39, 0.29) is 5.91 Å². The topological polar surface area (TPSA) is 35.6 Å². The number of nitrogens with zero attached hydrogens (tertiary/aromatic N) is 2. The molecule has 1 saturated heterocycles. The maximum Gasteiger partial charge on any atom is 0.236 e. The quantitative estimate of drug-likeness (QED) is 0.903. The molecule has 6 heteroatoms. The maximum absolute atomic E-state index is 12.0. The van der Waals surface area contributed by atoms with Gasteiger partial charge in [-0.05, 0) is 12.1 Å². The van der Waals surface area contributed by atoms with Gasteiger partial charge >= 0.3 is 0 Å². The van der Waals surface area contributed by atoms with Crippen molar-refractivity contribution in [3.63, 3.8) is 0 Å². The lowest BCUT2D eigenvalue weighted by Gasteiger charge is -2.34. The molecule has 0 spiro atoms. The van der Waals surface area contributed by atoms with Crippen molar-refractivity contribution in [2.45, 2.75) is 26.4 Å². The maximum atomic E-state index is 12.0. The molecule has 1 amide bonds. The van der Waals surface area contributed by atoms with Gasteiger partial charge in [0.2, 0.25) is 5.91 Å². The number of nitrogens with one attached hydrogen (secondary N) is 1. The molecule has 2 rings (SSSR count). The monoisotopic (exact) mass is 315 g/mol. The Balaban J connectivity index is 1.73. The van der Waals surface area contributed by atoms with Crippen LogP contribution >= 0.6 is 22.9 Å². The first kappa shape index (κ1) is 15.8. The van der Waals surface area contributed by atoms with Gasteiger partial charge in [0.25, 0.3) is 0 Å².